The Labute approximate surface area is 643 Å². The number of hydrogen-bond acceptors (Lipinski definition) is 8. The second-order valence-electron chi connectivity index (χ2n) is 28.1. The van der Waals surface area contributed by atoms with Crippen LogP contribution in [0.15, 0.2) is 397 Å². The summed E-state index contributed by atoms with van der Waals surface area (Å²) in [5.74, 6) is 3.62. The van der Waals surface area contributed by atoms with Crippen molar-refractivity contribution in [2.24, 2.45) is 0 Å². The van der Waals surface area contributed by atoms with Gasteiger partial charge < -0.3 is 18.0 Å². The summed E-state index contributed by atoms with van der Waals surface area (Å²) < 4.78 is 18.6. The molecule has 10 heteroatoms. The molecule has 0 saturated heterocycles. The first-order valence-corrected chi connectivity index (χ1v) is 37.5. The zero-order chi connectivity index (χ0) is 74.0. The highest BCUT2D eigenvalue weighted by atomic mass is 16.3. The molecule has 22 aromatic rings. The van der Waals surface area contributed by atoms with E-state index in [0.29, 0.717) is 34.9 Å². The molecule has 0 bridgehead atoms. The zero-order valence-corrected chi connectivity index (χ0v) is 60.3. The molecule has 524 valence electrons. The Morgan fingerprint density at radius 3 is 0.830 bits per heavy atom. The molecule has 0 unspecified atom stereocenters. The normalized spacial score (nSPS) is 11.6. The maximum atomic E-state index is 6.94. The van der Waals surface area contributed by atoms with Crippen molar-refractivity contribution in [3.05, 3.63) is 388 Å². The minimum atomic E-state index is 0.582. The molecule has 6 aromatic heterocycles. The molecule has 0 aliphatic rings. The quantitative estimate of drug-likeness (QED) is 0.119. The van der Waals surface area contributed by atoms with Crippen molar-refractivity contribution in [1.29, 1.82) is 0 Å². The van der Waals surface area contributed by atoms with E-state index in [1.807, 2.05) is 72.8 Å². The molecule has 0 aliphatic carbocycles. The first-order chi connectivity index (χ1) is 55.5. The molecule has 0 aliphatic heterocycles. The average molecular weight is 1430 g/mol. The van der Waals surface area contributed by atoms with Gasteiger partial charge in [-0.2, -0.15) is 0 Å². The molecular weight excluding hydrogens is 1370 g/mol. The Morgan fingerprint density at radius 1 is 0.170 bits per heavy atom. The van der Waals surface area contributed by atoms with E-state index in [1.165, 1.54) is 21.9 Å². The van der Waals surface area contributed by atoms with Crippen LogP contribution in [0.3, 0.4) is 0 Å². The minimum Gasteiger partial charge on any atom is -0.454 e. The largest absolute Gasteiger partial charge is 0.454 e. The highest BCUT2D eigenvalue weighted by Crippen LogP contribution is 2.45. The predicted molar refractivity (Wildman–Crippen MR) is 457 cm³/mol. The van der Waals surface area contributed by atoms with Crippen LogP contribution in [0.25, 0.3) is 212 Å². The molecule has 0 saturated carbocycles. The zero-order valence-electron chi connectivity index (χ0n) is 60.3. The van der Waals surface area contributed by atoms with Gasteiger partial charge in [0.1, 0.15) is 11.2 Å². The third kappa shape index (κ3) is 11.7. The summed E-state index contributed by atoms with van der Waals surface area (Å²) >= 11 is 0. The number of fused-ring (bicyclic) bond motifs is 14. The van der Waals surface area contributed by atoms with E-state index < -0.39 is 0 Å². The van der Waals surface area contributed by atoms with Crippen molar-refractivity contribution in [1.82, 2.24) is 39.0 Å². The number of nitrogens with zero attached hydrogens (tertiary/aromatic N) is 8. The van der Waals surface area contributed by atoms with E-state index in [-0.39, 0.29) is 0 Å². The van der Waals surface area contributed by atoms with Gasteiger partial charge in [0, 0.05) is 87.8 Å². The summed E-state index contributed by atoms with van der Waals surface area (Å²) in [6.45, 7) is 0. The molecule has 0 fully saturated rings. The lowest BCUT2D eigenvalue weighted by atomic mass is 10.0. The Morgan fingerprint density at radius 2 is 0.429 bits per heavy atom. The number of furan rings is 2. The van der Waals surface area contributed by atoms with Crippen LogP contribution < -0.4 is 0 Å². The fourth-order valence-corrected chi connectivity index (χ4v) is 15.9. The molecule has 10 nitrogen and oxygen atoms in total. The molecule has 0 radical (unpaired) electrons. The van der Waals surface area contributed by atoms with Crippen LogP contribution in [0.1, 0.15) is 0 Å². The average Bonchev–Trinajstić information content (AvgIpc) is 1.56. The smallest absolute Gasteiger partial charge is 0.164 e. The third-order valence-corrected chi connectivity index (χ3v) is 21.3. The fourth-order valence-electron chi connectivity index (χ4n) is 15.9. The van der Waals surface area contributed by atoms with Gasteiger partial charge >= 0.3 is 0 Å². The number of benzene rings is 16. The van der Waals surface area contributed by atoms with Gasteiger partial charge in [-0.1, -0.05) is 309 Å². The second kappa shape index (κ2) is 27.5. The van der Waals surface area contributed by atoms with Gasteiger partial charge in [0.25, 0.3) is 0 Å². The van der Waals surface area contributed by atoms with E-state index in [4.69, 9.17) is 38.7 Å². The molecule has 22 rings (SSSR count). The van der Waals surface area contributed by atoms with Crippen LogP contribution in [-0.2, 0) is 0 Å². The number of hydrogen-bond donors (Lipinski definition) is 0. The van der Waals surface area contributed by atoms with Crippen LogP contribution in [0.4, 0.5) is 0 Å². The van der Waals surface area contributed by atoms with Crippen molar-refractivity contribution in [3.8, 4) is 124 Å². The number of para-hydroxylation sites is 2. The topological polar surface area (TPSA) is 113 Å². The molecular formula is C102H64N8O2. The van der Waals surface area contributed by atoms with E-state index in [1.54, 1.807) is 0 Å². The van der Waals surface area contributed by atoms with Crippen molar-refractivity contribution in [2.75, 3.05) is 0 Å². The molecule has 0 amide bonds. The van der Waals surface area contributed by atoms with Crippen LogP contribution in [0.2, 0.25) is 0 Å². The summed E-state index contributed by atoms with van der Waals surface area (Å²) in [6, 6.07) is 135. The molecule has 16 aromatic carbocycles. The summed E-state index contributed by atoms with van der Waals surface area (Å²) in [5, 5.41) is 8.83. The SMILES string of the molecule is c1ccc(-c2ccc(-c3nc(-c4ccccc4)nc(-c4ccc5c(c4)oc4c5ccc5c6ccccc6n(-c6cccc(-c7ccccc7)c6)c54)n3)cc2)cc1.c1ccc(-c2cccc(-c3nc(-c4ccccc4)nc(-c4ccc5c(c4)oc4c5ccc5c6ccccc6n(-c6cccc(-c7ccccc7)c6)c54)n3)c2)cc1. The molecule has 6 heterocycles. The van der Waals surface area contributed by atoms with Gasteiger partial charge in [0.05, 0.1) is 22.1 Å². The Balaban J connectivity index is 0.000000141. The van der Waals surface area contributed by atoms with Gasteiger partial charge in [-0.15, -0.1) is 0 Å². The fraction of sp³-hybridized carbons (Fsp3) is 0. The van der Waals surface area contributed by atoms with E-state index in [0.717, 1.165) is 155 Å². The van der Waals surface area contributed by atoms with Gasteiger partial charge in [0.2, 0.25) is 0 Å². The Kier molecular flexibility index (Phi) is 16.0. The van der Waals surface area contributed by atoms with Crippen LogP contribution in [0, 0.1) is 0 Å². The predicted octanol–water partition coefficient (Wildman–Crippen LogP) is 26.4. The van der Waals surface area contributed by atoms with Gasteiger partial charge in [-0.3, -0.25) is 0 Å². The van der Waals surface area contributed by atoms with Crippen molar-refractivity contribution < 1.29 is 8.83 Å². The summed E-state index contributed by atoms with van der Waals surface area (Å²) in [6.07, 6.45) is 0. The second-order valence-corrected chi connectivity index (χ2v) is 28.1. The summed E-state index contributed by atoms with van der Waals surface area (Å²) in [7, 11) is 0. The molecule has 0 spiro atoms. The third-order valence-electron chi connectivity index (χ3n) is 21.3. The van der Waals surface area contributed by atoms with E-state index in [9.17, 15) is 0 Å². The maximum absolute atomic E-state index is 6.94. The van der Waals surface area contributed by atoms with Gasteiger partial charge in [-0.05, 0) is 123 Å². The van der Waals surface area contributed by atoms with Crippen LogP contribution >= 0.6 is 0 Å². The standard InChI is InChI=1S/2C51H32N4O/c1-4-14-33(15-5-1)36-20-12-22-38(30-36)50-52-49(35-18-8-3-9-19-35)53-51(54-50)39-26-27-42-44-29-28-43-41-24-10-11-25-45(41)55(47(43)48(44)56-46(42)32-39)40-23-13-21-37(31-40)34-16-6-2-7-17-34;1-4-13-33(14-5-1)35-23-25-37(26-24-35)50-52-49(36-17-8-3-9-18-36)53-51(54-50)39-27-28-42-44-30-29-43-41-21-10-11-22-45(41)55(47(43)48(44)56-46(42)32-39)40-20-12-19-38(31-40)34-15-6-2-7-16-34/h2*1-32H. The highest BCUT2D eigenvalue weighted by Gasteiger charge is 2.24. The van der Waals surface area contributed by atoms with E-state index >= 15 is 0 Å². The number of aromatic nitrogens is 8. The highest BCUT2D eigenvalue weighted by molar-refractivity contribution is 6.23. The monoisotopic (exact) mass is 1430 g/mol. The maximum Gasteiger partial charge on any atom is 0.164 e. The lowest BCUT2D eigenvalue weighted by molar-refractivity contribution is 0.671. The lowest BCUT2D eigenvalue weighted by Gasteiger charge is -2.10. The van der Waals surface area contributed by atoms with E-state index in [2.05, 4.69) is 325 Å². The Bertz CT molecular complexity index is 7340. The Hall–Kier alpha value is -15.3. The van der Waals surface area contributed by atoms with Gasteiger partial charge in [-0.25, -0.2) is 29.9 Å². The van der Waals surface area contributed by atoms with Crippen molar-refractivity contribution >= 4 is 87.5 Å². The van der Waals surface area contributed by atoms with Crippen LogP contribution in [0.5, 0.6) is 0 Å². The van der Waals surface area contributed by atoms with Crippen molar-refractivity contribution in [2.45, 2.75) is 0 Å². The molecule has 0 atom stereocenters. The lowest BCUT2D eigenvalue weighted by Crippen LogP contribution is -2.00. The summed E-state index contributed by atoms with van der Waals surface area (Å²) in [5.41, 5.74) is 24.3. The minimum absolute atomic E-state index is 0.582. The first-order valence-electron chi connectivity index (χ1n) is 37.5. The summed E-state index contributed by atoms with van der Waals surface area (Å²) in [4.78, 5) is 30.2. The van der Waals surface area contributed by atoms with Gasteiger partial charge in [0.15, 0.2) is 46.1 Å². The first kappa shape index (κ1) is 65.1. The molecule has 0 N–H and O–H groups in total. The van der Waals surface area contributed by atoms with Crippen molar-refractivity contribution in [3.63, 3.8) is 0 Å². The van der Waals surface area contributed by atoms with Crippen LogP contribution in [-0.4, -0.2) is 39.0 Å². The number of rotatable bonds is 12. The molecule has 112 heavy (non-hydrogen) atoms.